The zero-order valence-corrected chi connectivity index (χ0v) is 14.8. The van der Waals surface area contributed by atoms with Crippen LogP contribution in [0, 0.1) is 0 Å². The van der Waals surface area contributed by atoms with E-state index in [1.165, 1.54) is 0 Å². The van der Waals surface area contributed by atoms with E-state index in [0.717, 1.165) is 32.1 Å². The van der Waals surface area contributed by atoms with Gasteiger partial charge in [-0.05, 0) is 38.6 Å². The van der Waals surface area contributed by atoms with E-state index in [4.69, 9.17) is 5.73 Å². The Morgan fingerprint density at radius 3 is 1.91 bits per heavy atom. The molecule has 0 aliphatic heterocycles. The van der Waals surface area contributed by atoms with E-state index in [1.54, 1.807) is 0 Å². The molecule has 0 aliphatic carbocycles. The number of aliphatic hydroxyl groups excluding tert-OH is 2. The van der Waals surface area contributed by atoms with E-state index in [9.17, 15) is 19.0 Å². The first kappa shape index (κ1) is 22.7. The molecule has 23 heavy (non-hydrogen) atoms. The van der Waals surface area contributed by atoms with Crippen molar-refractivity contribution >= 4 is 0 Å². The average molecular weight is 337 g/mol. The summed E-state index contributed by atoms with van der Waals surface area (Å²) < 4.78 is 27.4. The van der Waals surface area contributed by atoms with Gasteiger partial charge in [0.05, 0.1) is 12.2 Å². The molecule has 0 aromatic rings. The fourth-order valence-corrected chi connectivity index (χ4v) is 2.79. The fourth-order valence-electron chi connectivity index (χ4n) is 2.79. The highest BCUT2D eigenvalue weighted by atomic mass is 19.3. The van der Waals surface area contributed by atoms with Crippen LogP contribution in [0.15, 0.2) is 0 Å². The smallest absolute Gasteiger partial charge is 0.248 e. The van der Waals surface area contributed by atoms with Crippen LogP contribution in [-0.4, -0.2) is 34.9 Å². The minimum Gasteiger partial charge on any atom is -0.393 e. The van der Waals surface area contributed by atoms with Crippen molar-refractivity contribution in [2.24, 2.45) is 5.73 Å². The van der Waals surface area contributed by atoms with Gasteiger partial charge in [-0.25, -0.2) is 8.78 Å². The van der Waals surface area contributed by atoms with Crippen molar-refractivity contribution in [3.8, 4) is 0 Å². The highest BCUT2D eigenvalue weighted by molar-refractivity contribution is 4.68. The van der Waals surface area contributed by atoms with Crippen molar-refractivity contribution in [3.63, 3.8) is 0 Å². The largest absolute Gasteiger partial charge is 0.393 e. The lowest BCUT2D eigenvalue weighted by atomic mass is 10.00. The van der Waals surface area contributed by atoms with Gasteiger partial charge in [0.2, 0.25) is 5.92 Å². The van der Waals surface area contributed by atoms with Crippen LogP contribution in [0.5, 0.6) is 0 Å². The lowest BCUT2D eigenvalue weighted by Crippen LogP contribution is -2.20. The predicted molar refractivity (Wildman–Crippen MR) is 91.7 cm³/mol. The molecule has 2 atom stereocenters. The summed E-state index contributed by atoms with van der Waals surface area (Å²) in [4.78, 5) is 0. The monoisotopic (exact) mass is 337 g/mol. The maximum absolute atomic E-state index is 13.7. The molecule has 0 saturated carbocycles. The molecule has 4 N–H and O–H groups in total. The van der Waals surface area contributed by atoms with Gasteiger partial charge in [0.25, 0.3) is 0 Å². The maximum Gasteiger partial charge on any atom is 0.248 e. The maximum atomic E-state index is 13.7. The Bertz CT molecular complexity index is 265. The van der Waals surface area contributed by atoms with E-state index in [0.29, 0.717) is 45.1 Å². The average Bonchev–Trinajstić information content (AvgIpc) is 2.46. The fraction of sp³-hybridized carbons (Fsp3) is 1.00. The molecule has 0 aliphatic rings. The Hall–Kier alpha value is -0.260. The van der Waals surface area contributed by atoms with Crippen molar-refractivity contribution in [2.75, 3.05) is 6.54 Å². The van der Waals surface area contributed by atoms with Crippen molar-refractivity contribution in [1.29, 1.82) is 0 Å². The summed E-state index contributed by atoms with van der Waals surface area (Å²) >= 11 is 0. The topological polar surface area (TPSA) is 66.5 Å². The van der Waals surface area contributed by atoms with Crippen molar-refractivity contribution in [2.45, 2.75) is 109 Å². The minimum absolute atomic E-state index is 0.00458. The number of hydrogen-bond acceptors (Lipinski definition) is 3. The zero-order valence-electron chi connectivity index (χ0n) is 14.8. The van der Waals surface area contributed by atoms with Crippen LogP contribution < -0.4 is 5.73 Å². The van der Waals surface area contributed by atoms with Gasteiger partial charge < -0.3 is 15.9 Å². The van der Waals surface area contributed by atoms with Gasteiger partial charge in [-0.15, -0.1) is 0 Å². The molecule has 0 fully saturated rings. The third-order valence-corrected chi connectivity index (χ3v) is 4.27. The third-order valence-electron chi connectivity index (χ3n) is 4.27. The molecule has 5 heteroatoms. The SMILES string of the molecule is CCCCCCCC(F)(F)CCCCCC(O)CC(O)CCN. The van der Waals surface area contributed by atoms with Crippen molar-refractivity contribution in [1.82, 2.24) is 0 Å². The number of aliphatic hydroxyl groups is 2. The molecule has 0 amide bonds. The Kier molecular flexibility index (Phi) is 14.0. The van der Waals surface area contributed by atoms with Crippen molar-refractivity contribution in [3.05, 3.63) is 0 Å². The first-order valence-corrected chi connectivity index (χ1v) is 9.35. The lowest BCUT2D eigenvalue weighted by molar-refractivity contribution is -0.0208. The number of halogens is 2. The summed E-state index contributed by atoms with van der Waals surface area (Å²) in [5.41, 5.74) is 5.33. The molecular formula is C18H37F2NO2. The van der Waals surface area contributed by atoms with Gasteiger partial charge >= 0.3 is 0 Å². The first-order chi connectivity index (χ1) is 10.9. The quantitative estimate of drug-likeness (QED) is 0.366. The molecule has 0 heterocycles. The van der Waals surface area contributed by atoms with E-state index >= 15 is 0 Å². The summed E-state index contributed by atoms with van der Waals surface area (Å²) in [5.74, 6) is -2.54. The normalized spacial score (nSPS) is 14.9. The first-order valence-electron chi connectivity index (χ1n) is 9.35. The van der Waals surface area contributed by atoms with Crippen LogP contribution in [0.2, 0.25) is 0 Å². The second-order valence-corrected chi connectivity index (χ2v) is 6.74. The number of hydrogen-bond donors (Lipinski definition) is 3. The van der Waals surface area contributed by atoms with Gasteiger partial charge in [-0.3, -0.25) is 0 Å². The Labute approximate surface area is 140 Å². The molecule has 0 saturated heterocycles. The van der Waals surface area contributed by atoms with Gasteiger partial charge in [-0.1, -0.05) is 45.4 Å². The van der Waals surface area contributed by atoms with Crippen LogP contribution in [0.3, 0.4) is 0 Å². The molecule has 2 unspecified atom stereocenters. The molecule has 0 spiro atoms. The number of unbranched alkanes of at least 4 members (excludes halogenated alkanes) is 6. The van der Waals surface area contributed by atoms with Crippen molar-refractivity contribution < 1.29 is 19.0 Å². The number of rotatable bonds is 16. The highest BCUT2D eigenvalue weighted by Crippen LogP contribution is 2.28. The molecule has 140 valence electrons. The van der Waals surface area contributed by atoms with E-state index in [2.05, 4.69) is 6.92 Å². The zero-order chi connectivity index (χ0) is 17.6. The predicted octanol–water partition coefficient (Wildman–Crippen LogP) is 4.39. The van der Waals surface area contributed by atoms with Gasteiger partial charge in [0, 0.05) is 12.8 Å². The van der Waals surface area contributed by atoms with Crippen LogP contribution >= 0.6 is 0 Å². The van der Waals surface area contributed by atoms with Crippen LogP contribution in [0.25, 0.3) is 0 Å². The van der Waals surface area contributed by atoms with Crippen LogP contribution in [0.1, 0.15) is 90.4 Å². The summed E-state index contributed by atoms with van der Waals surface area (Å²) in [6, 6.07) is 0. The Balaban J connectivity index is 3.57. The number of nitrogens with two attached hydrogens (primary N) is 1. The van der Waals surface area contributed by atoms with Crippen LogP contribution in [-0.2, 0) is 0 Å². The van der Waals surface area contributed by atoms with Gasteiger partial charge in [-0.2, -0.15) is 0 Å². The molecule has 0 rings (SSSR count). The second kappa shape index (κ2) is 14.1. The van der Waals surface area contributed by atoms with E-state index < -0.39 is 18.1 Å². The standard InChI is InChI=1S/C18H37F2NO2/c1-2-3-4-5-8-12-18(19,20)13-9-6-7-10-16(22)15-17(23)11-14-21/h16-17,22-23H,2-15,21H2,1H3. The van der Waals surface area contributed by atoms with E-state index in [-0.39, 0.29) is 12.8 Å². The number of alkyl halides is 2. The molecular weight excluding hydrogens is 300 g/mol. The van der Waals surface area contributed by atoms with E-state index in [1.807, 2.05) is 0 Å². The minimum atomic E-state index is -2.54. The van der Waals surface area contributed by atoms with Gasteiger partial charge in [0.15, 0.2) is 0 Å². The van der Waals surface area contributed by atoms with Gasteiger partial charge in [0.1, 0.15) is 0 Å². The Morgan fingerprint density at radius 2 is 1.35 bits per heavy atom. The lowest BCUT2D eigenvalue weighted by Gasteiger charge is -2.17. The molecule has 0 bridgehead atoms. The molecule has 0 aromatic heterocycles. The third kappa shape index (κ3) is 15.0. The van der Waals surface area contributed by atoms with Crippen LogP contribution in [0.4, 0.5) is 8.78 Å². The molecule has 0 radical (unpaired) electrons. The summed E-state index contributed by atoms with van der Waals surface area (Å²) in [7, 11) is 0. The summed E-state index contributed by atoms with van der Waals surface area (Å²) in [6.45, 7) is 2.52. The molecule has 3 nitrogen and oxygen atoms in total. The summed E-state index contributed by atoms with van der Waals surface area (Å²) in [6.07, 6.45) is 6.97. The summed E-state index contributed by atoms with van der Waals surface area (Å²) in [5, 5.41) is 19.3. The Morgan fingerprint density at radius 1 is 0.826 bits per heavy atom. The molecule has 0 aromatic carbocycles. The second-order valence-electron chi connectivity index (χ2n) is 6.74. The highest BCUT2D eigenvalue weighted by Gasteiger charge is 2.27.